The second-order valence-electron chi connectivity index (χ2n) is 4.09. The van der Waals surface area contributed by atoms with Crippen LogP contribution in [0.5, 0.6) is 0 Å². The highest BCUT2D eigenvalue weighted by Gasteiger charge is 2.49. The van der Waals surface area contributed by atoms with E-state index in [1.165, 1.54) is 0 Å². The van der Waals surface area contributed by atoms with Gasteiger partial charge in [0.2, 0.25) is 0 Å². The predicted molar refractivity (Wildman–Crippen MR) is 62.7 cm³/mol. The van der Waals surface area contributed by atoms with Crippen LogP contribution in [0.15, 0.2) is 12.2 Å². The molecule has 0 aromatic carbocycles. The summed E-state index contributed by atoms with van der Waals surface area (Å²) in [6.07, 6.45) is 0.255. The van der Waals surface area contributed by atoms with Gasteiger partial charge in [0, 0.05) is 5.57 Å². The lowest BCUT2D eigenvalue weighted by molar-refractivity contribution is -0.157. The number of carboxylic acid groups (broad SMARTS) is 2. The van der Waals surface area contributed by atoms with Gasteiger partial charge in [-0.05, 0) is 12.8 Å². The molecule has 0 amide bonds. The third kappa shape index (κ3) is 3.06. The molecule has 0 saturated heterocycles. The summed E-state index contributed by atoms with van der Waals surface area (Å²) in [6, 6.07) is 0. The predicted octanol–water partition coefficient (Wildman–Crippen LogP) is 1.66. The Kier molecular flexibility index (Phi) is 5.88. The van der Waals surface area contributed by atoms with Gasteiger partial charge in [-0.1, -0.05) is 33.3 Å². The van der Waals surface area contributed by atoms with E-state index in [-0.39, 0.29) is 12.8 Å². The molecule has 0 aliphatic rings. The monoisotopic (exact) mass is 244 g/mol. The summed E-state index contributed by atoms with van der Waals surface area (Å²) >= 11 is 0. The number of aliphatic hydroxyl groups excluding tert-OH is 1. The molecule has 3 N–H and O–H groups in total. The number of aliphatic carboxylic acids is 2. The molecule has 2 atom stereocenters. The Labute approximate surface area is 101 Å². The number of unbranched alkanes of at least 4 members (excludes halogenated alkanes) is 1. The van der Waals surface area contributed by atoms with E-state index in [0.29, 0.717) is 6.42 Å². The first kappa shape index (κ1) is 15.6. The van der Waals surface area contributed by atoms with Gasteiger partial charge in [0.05, 0.1) is 6.10 Å². The Balaban J connectivity index is 5.47. The molecule has 98 valence electrons. The first-order valence-electron chi connectivity index (χ1n) is 5.68. The van der Waals surface area contributed by atoms with Crippen molar-refractivity contribution in [3.8, 4) is 0 Å². The van der Waals surface area contributed by atoms with E-state index in [1.54, 1.807) is 6.92 Å². The first-order chi connectivity index (χ1) is 7.84. The highest BCUT2D eigenvalue weighted by molar-refractivity contribution is 5.96. The van der Waals surface area contributed by atoms with Crippen molar-refractivity contribution >= 4 is 11.9 Å². The lowest BCUT2D eigenvalue weighted by atomic mass is 9.71. The Bertz CT molecular complexity index is 310. The second kappa shape index (κ2) is 6.39. The molecule has 0 aromatic heterocycles. The summed E-state index contributed by atoms with van der Waals surface area (Å²) < 4.78 is 0. The highest BCUT2D eigenvalue weighted by atomic mass is 16.4. The molecule has 0 aliphatic heterocycles. The Morgan fingerprint density at radius 3 is 2.12 bits per heavy atom. The van der Waals surface area contributed by atoms with Crippen molar-refractivity contribution in [2.75, 3.05) is 0 Å². The number of aliphatic hydroxyl groups is 1. The van der Waals surface area contributed by atoms with Crippen LogP contribution in [-0.2, 0) is 9.59 Å². The molecule has 0 bridgehead atoms. The lowest BCUT2D eigenvalue weighted by Crippen LogP contribution is -2.45. The van der Waals surface area contributed by atoms with E-state index in [9.17, 15) is 19.8 Å². The minimum Gasteiger partial charge on any atom is -0.480 e. The standard InChI is InChI=1S/C12H20O5/c1-4-6-7-12(11(16)17,9(13)5-2)8(3)10(14)15/h9,13H,3-7H2,1-2H3,(H,14,15)(H,16,17). The van der Waals surface area contributed by atoms with Gasteiger partial charge >= 0.3 is 11.9 Å². The SMILES string of the molecule is C=C(C(=O)O)C(CCCC)(C(=O)O)C(O)CC. The van der Waals surface area contributed by atoms with Crippen LogP contribution in [-0.4, -0.2) is 33.4 Å². The van der Waals surface area contributed by atoms with E-state index in [4.69, 9.17) is 5.11 Å². The molecule has 5 heteroatoms. The van der Waals surface area contributed by atoms with E-state index < -0.39 is 29.0 Å². The number of rotatable bonds is 8. The van der Waals surface area contributed by atoms with Gasteiger partial charge in [0.1, 0.15) is 5.41 Å². The summed E-state index contributed by atoms with van der Waals surface area (Å²) in [5, 5.41) is 28.1. The molecule has 0 spiro atoms. The van der Waals surface area contributed by atoms with Crippen molar-refractivity contribution in [1.82, 2.24) is 0 Å². The fraction of sp³-hybridized carbons (Fsp3) is 0.667. The quantitative estimate of drug-likeness (QED) is 0.564. The van der Waals surface area contributed by atoms with Crippen molar-refractivity contribution in [3.05, 3.63) is 12.2 Å². The van der Waals surface area contributed by atoms with Crippen LogP contribution in [0.25, 0.3) is 0 Å². The summed E-state index contributed by atoms with van der Waals surface area (Å²) in [7, 11) is 0. The van der Waals surface area contributed by atoms with Gasteiger partial charge in [0.25, 0.3) is 0 Å². The van der Waals surface area contributed by atoms with Crippen molar-refractivity contribution in [2.24, 2.45) is 5.41 Å². The van der Waals surface area contributed by atoms with Gasteiger partial charge in [-0.25, -0.2) is 4.79 Å². The van der Waals surface area contributed by atoms with Gasteiger partial charge in [-0.15, -0.1) is 0 Å². The maximum Gasteiger partial charge on any atom is 0.332 e. The van der Waals surface area contributed by atoms with Gasteiger partial charge in [-0.2, -0.15) is 0 Å². The normalized spacial score (nSPS) is 15.9. The zero-order valence-corrected chi connectivity index (χ0v) is 10.3. The van der Waals surface area contributed by atoms with Crippen molar-refractivity contribution < 1.29 is 24.9 Å². The van der Waals surface area contributed by atoms with E-state index in [1.807, 2.05) is 6.92 Å². The van der Waals surface area contributed by atoms with Crippen LogP contribution in [0.1, 0.15) is 39.5 Å². The first-order valence-corrected chi connectivity index (χ1v) is 5.68. The zero-order chi connectivity index (χ0) is 13.6. The number of hydrogen-bond acceptors (Lipinski definition) is 3. The Morgan fingerprint density at radius 1 is 1.29 bits per heavy atom. The van der Waals surface area contributed by atoms with Crippen molar-refractivity contribution in [1.29, 1.82) is 0 Å². The molecular formula is C12H20O5. The molecule has 0 radical (unpaired) electrons. The average molecular weight is 244 g/mol. The molecule has 0 aromatic rings. The minimum atomic E-state index is -1.78. The van der Waals surface area contributed by atoms with Gasteiger partial charge in [-0.3, -0.25) is 4.79 Å². The summed E-state index contributed by atoms with van der Waals surface area (Å²) in [4.78, 5) is 22.3. The summed E-state index contributed by atoms with van der Waals surface area (Å²) in [5.41, 5.74) is -2.23. The largest absolute Gasteiger partial charge is 0.480 e. The smallest absolute Gasteiger partial charge is 0.332 e. The van der Waals surface area contributed by atoms with Crippen LogP contribution in [0.3, 0.4) is 0 Å². The Morgan fingerprint density at radius 2 is 1.82 bits per heavy atom. The maximum atomic E-state index is 11.4. The van der Waals surface area contributed by atoms with Crippen LogP contribution in [0.2, 0.25) is 0 Å². The zero-order valence-electron chi connectivity index (χ0n) is 10.3. The summed E-state index contributed by atoms with van der Waals surface area (Å²) in [5.74, 6) is -2.70. The number of carbonyl (C=O) groups is 2. The minimum absolute atomic E-state index is 0.0823. The van der Waals surface area contributed by atoms with Crippen molar-refractivity contribution in [3.63, 3.8) is 0 Å². The fourth-order valence-corrected chi connectivity index (χ4v) is 1.89. The third-order valence-corrected chi connectivity index (χ3v) is 3.06. The van der Waals surface area contributed by atoms with E-state index in [2.05, 4.69) is 6.58 Å². The fourth-order valence-electron chi connectivity index (χ4n) is 1.89. The van der Waals surface area contributed by atoms with Crippen LogP contribution < -0.4 is 0 Å². The molecule has 2 unspecified atom stereocenters. The van der Waals surface area contributed by atoms with E-state index in [0.717, 1.165) is 6.42 Å². The number of carboxylic acids is 2. The highest BCUT2D eigenvalue weighted by Crippen LogP contribution is 2.38. The summed E-state index contributed by atoms with van der Waals surface area (Å²) in [6.45, 7) is 6.81. The topological polar surface area (TPSA) is 94.8 Å². The third-order valence-electron chi connectivity index (χ3n) is 3.06. The van der Waals surface area contributed by atoms with E-state index >= 15 is 0 Å². The molecule has 0 heterocycles. The average Bonchev–Trinajstić information content (AvgIpc) is 2.28. The molecule has 5 nitrogen and oxygen atoms in total. The molecule has 0 rings (SSSR count). The van der Waals surface area contributed by atoms with Gasteiger partial charge in [0.15, 0.2) is 0 Å². The molecular weight excluding hydrogens is 224 g/mol. The van der Waals surface area contributed by atoms with Crippen LogP contribution >= 0.6 is 0 Å². The molecule has 17 heavy (non-hydrogen) atoms. The number of hydrogen-bond donors (Lipinski definition) is 3. The van der Waals surface area contributed by atoms with Gasteiger partial charge < -0.3 is 15.3 Å². The molecule has 0 saturated carbocycles. The van der Waals surface area contributed by atoms with Crippen LogP contribution in [0.4, 0.5) is 0 Å². The molecule has 0 fully saturated rings. The Hall–Kier alpha value is -1.36. The van der Waals surface area contributed by atoms with Crippen LogP contribution in [0, 0.1) is 5.41 Å². The lowest BCUT2D eigenvalue weighted by Gasteiger charge is -2.33. The second-order valence-corrected chi connectivity index (χ2v) is 4.09. The van der Waals surface area contributed by atoms with Crippen molar-refractivity contribution in [2.45, 2.75) is 45.6 Å². The molecule has 0 aliphatic carbocycles. The maximum absolute atomic E-state index is 11.4.